The van der Waals surface area contributed by atoms with Crippen molar-refractivity contribution in [1.29, 1.82) is 5.41 Å². The van der Waals surface area contributed by atoms with Gasteiger partial charge in [0.1, 0.15) is 5.84 Å². The van der Waals surface area contributed by atoms with Gasteiger partial charge in [-0.3, -0.25) is 15.0 Å². The molecule has 36 heavy (non-hydrogen) atoms. The summed E-state index contributed by atoms with van der Waals surface area (Å²) in [6.07, 6.45) is 1.59. The fraction of sp³-hybridized carbons (Fsp3) is 0.208. The van der Waals surface area contributed by atoms with Crippen LogP contribution in [0.3, 0.4) is 0 Å². The van der Waals surface area contributed by atoms with E-state index >= 15 is 0 Å². The largest absolute Gasteiger partial charge is 0.481 e. The van der Waals surface area contributed by atoms with Crippen molar-refractivity contribution in [3.63, 3.8) is 0 Å². The maximum Gasteiger partial charge on any atom is 0.303 e. The number of thioether (sulfide) groups is 1. The van der Waals surface area contributed by atoms with Crippen molar-refractivity contribution >= 4 is 56.3 Å². The number of nitrogen functional groups attached to an aromatic ring is 1. The van der Waals surface area contributed by atoms with Gasteiger partial charge in [-0.1, -0.05) is 18.2 Å². The van der Waals surface area contributed by atoms with Crippen LogP contribution in [-0.2, 0) is 19.4 Å². The third-order valence-electron chi connectivity index (χ3n) is 5.36. The van der Waals surface area contributed by atoms with Crippen LogP contribution in [0.2, 0.25) is 0 Å². The summed E-state index contributed by atoms with van der Waals surface area (Å²) in [4.78, 5) is 23.6. The standard InChI is InChI=1S/C24H26N4O5S3/c1-13-10-15(28-23(31)18(25)8-9-21(29)30)6-7-17(13)14-4-3-5-16(11-14)36(32,33)20-12-19(22(26)27)35-24(20)34-2/h3-7,10-12,18H,8-9,25H2,1-2H3,(H3,26,27)(H,28,31)(H,29,30)/t18-/m0/s1. The number of thiophene rings is 1. The summed E-state index contributed by atoms with van der Waals surface area (Å²) in [5.74, 6) is -1.69. The smallest absolute Gasteiger partial charge is 0.303 e. The van der Waals surface area contributed by atoms with E-state index in [1.807, 2.05) is 6.92 Å². The molecule has 0 fully saturated rings. The molecule has 0 spiro atoms. The Bertz CT molecular complexity index is 1430. The average Bonchev–Trinajstić information content (AvgIpc) is 3.28. The van der Waals surface area contributed by atoms with E-state index in [0.717, 1.165) is 11.1 Å². The second-order valence-corrected chi connectivity index (χ2v) is 12.0. The zero-order valence-corrected chi connectivity index (χ0v) is 22.0. The molecular weight excluding hydrogens is 520 g/mol. The van der Waals surface area contributed by atoms with E-state index in [0.29, 0.717) is 20.3 Å². The highest BCUT2D eigenvalue weighted by atomic mass is 32.2. The Morgan fingerprint density at radius 3 is 2.53 bits per heavy atom. The molecule has 0 bridgehead atoms. The van der Waals surface area contributed by atoms with Crippen molar-refractivity contribution in [2.75, 3.05) is 11.6 Å². The molecule has 3 rings (SSSR count). The molecule has 0 unspecified atom stereocenters. The molecule has 1 amide bonds. The molecular formula is C24H26N4O5S3. The zero-order chi connectivity index (χ0) is 26.6. The van der Waals surface area contributed by atoms with Gasteiger partial charge >= 0.3 is 5.97 Å². The van der Waals surface area contributed by atoms with Gasteiger partial charge in [-0.2, -0.15) is 0 Å². The molecule has 0 saturated carbocycles. The number of carbonyl (C=O) groups excluding carboxylic acids is 1. The summed E-state index contributed by atoms with van der Waals surface area (Å²) in [5.41, 5.74) is 14.1. The van der Waals surface area contributed by atoms with Crippen molar-refractivity contribution in [2.24, 2.45) is 11.5 Å². The third kappa shape index (κ3) is 6.13. The van der Waals surface area contributed by atoms with E-state index in [1.54, 1.807) is 42.7 Å². The number of carbonyl (C=O) groups is 2. The number of hydrogen-bond donors (Lipinski definition) is 5. The lowest BCUT2D eigenvalue weighted by Crippen LogP contribution is -2.36. The first-order chi connectivity index (χ1) is 16.9. The van der Waals surface area contributed by atoms with Gasteiger partial charge in [-0.25, -0.2) is 8.42 Å². The zero-order valence-electron chi connectivity index (χ0n) is 19.6. The number of benzene rings is 2. The SMILES string of the molecule is CSc1sc(C(=N)N)cc1S(=O)(=O)c1cccc(-c2ccc(NC(=O)[C@@H](N)CCC(=O)O)cc2C)c1. The Morgan fingerprint density at radius 1 is 1.19 bits per heavy atom. The first kappa shape index (κ1) is 27.4. The van der Waals surface area contributed by atoms with Gasteiger partial charge in [0.25, 0.3) is 0 Å². The van der Waals surface area contributed by atoms with E-state index in [1.165, 1.54) is 35.2 Å². The summed E-state index contributed by atoms with van der Waals surface area (Å²) < 4.78 is 27.4. The van der Waals surface area contributed by atoms with E-state index in [-0.39, 0.29) is 28.5 Å². The summed E-state index contributed by atoms with van der Waals surface area (Å²) >= 11 is 2.45. The van der Waals surface area contributed by atoms with Gasteiger partial charge in [-0.15, -0.1) is 23.1 Å². The van der Waals surface area contributed by atoms with Gasteiger partial charge in [0.15, 0.2) is 0 Å². The molecule has 0 aliphatic heterocycles. The molecule has 2 aromatic carbocycles. The number of rotatable bonds is 10. The average molecular weight is 547 g/mol. The van der Waals surface area contributed by atoms with Crippen molar-refractivity contribution < 1.29 is 23.1 Å². The van der Waals surface area contributed by atoms with E-state index < -0.39 is 27.8 Å². The monoisotopic (exact) mass is 546 g/mol. The van der Waals surface area contributed by atoms with Crippen molar-refractivity contribution in [2.45, 2.75) is 39.8 Å². The van der Waals surface area contributed by atoms with Crippen LogP contribution < -0.4 is 16.8 Å². The first-order valence-electron chi connectivity index (χ1n) is 10.7. The molecule has 1 atom stereocenters. The molecule has 12 heteroatoms. The van der Waals surface area contributed by atoms with Crippen LogP contribution in [0.15, 0.2) is 62.5 Å². The summed E-state index contributed by atoms with van der Waals surface area (Å²) in [5, 5.41) is 19.1. The number of hydrogen-bond acceptors (Lipinski definition) is 8. The summed E-state index contributed by atoms with van der Waals surface area (Å²) in [6, 6.07) is 12.2. The maximum absolute atomic E-state index is 13.4. The van der Waals surface area contributed by atoms with Crippen LogP contribution in [0, 0.1) is 12.3 Å². The minimum atomic E-state index is -3.86. The highest BCUT2D eigenvalue weighted by Crippen LogP contribution is 2.38. The minimum Gasteiger partial charge on any atom is -0.481 e. The van der Waals surface area contributed by atoms with Crippen molar-refractivity contribution in [3.8, 4) is 11.1 Å². The van der Waals surface area contributed by atoms with Crippen LogP contribution >= 0.6 is 23.1 Å². The summed E-state index contributed by atoms with van der Waals surface area (Å²) in [7, 11) is -3.86. The highest BCUT2D eigenvalue weighted by Gasteiger charge is 2.25. The molecule has 7 N–H and O–H groups in total. The molecule has 0 saturated heterocycles. The van der Waals surface area contributed by atoms with Crippen molar-refractivity contribution in [3.05, 3.63) is 59.0 Å². The Labute approximate surface area is 217 Å². The normalized spacial score (nSPS) is 12.2. The van der Waals surface area contributed by atoms with E-state index in [4.69, 9.17) is 22.0 Å². The summed E-state index contributed by atoms with van der Waals surface area (Å²) in [6.45, 7) is 1.83. The van der Waals surface area contributed by atoms with E-state index in [2.05, 4.69) is 5.32 Å². The lowest BCUT2D eigenvalue weighted by atomic mass is 10.00. The van der Waals surface area contributed by atoms with E-state index in [9.17, 15) is 18.0 Å². The number of aryl methyl sites for hydroxylation is 1. The quantitative estimate of drug-likeness (QED) is 0.145. The minimum absolute atomic E-state index is 0.0236. The van der Waals surface area contributed by atoms with Gasteiger partial charge < -0.3 is 21.9 Å². The Kier molecular flexibility index (Phi) is 8.56. The molecule has 190 valence electrons. The Morgan fingerprint density at radius 2 is 1.92 bits per heavy atom. The van der Waals surface area contributed by atoms with Gasteiger partial charge in [-0.05, 0) is 66.6 Å². The fourth-order valence-corrected chi connectivity index (χ4v) is 7.39. The number of carboxylic acid groups (broad SMARTS) is 1. The lowest BCUT2D eigenvalue weighted by Gasteiger charge is -2.14. The topological polar surface area (TPSA) is 176 Å². The third-order valence-corrected chi connectivity index (χ3v) is 9.70. The number of sulfone groups is 1. The number of amides is 1. The highest BCUT2D eigenvalue weighted by molar-refractivity contribution is 8.01. The number of anilines is 1. The van der Waals surface area contributed by atoms with Gasteiger partial charge in [0, 0.05) is 12.1 Å². The fourth-order valence-electron chi connectivity index (χ4n) is 3.49. The molecule has 3 aromatic rings. The van der Waals surface area contributed by atoms with Crippen LogP contribution in [0.4, 0.5) is 5.69 Å². The number of nitrogens with two attached hydrogens (primary N) is 2. The molecule has 1 heterocycles. The van der Waals surface area contributed by atoms with Crippen LogP contribution in [0.25, 0.3) is 11.1 Å². The molecule has 0 radical (unpaired) electrons. The van der Waals surface area contributed by atoms with Gasteiger partial charge in [0.05, 0.1) is 24.9 Å². The molecule has 0 aliphatic carbocycles. The predicted molar refractivity (Wildman–Crippen MR) is 143 cm³/mol. The second-order valence-electron chi connectivity index (χ2n) is 7.97. The van der Waals surface area contributed by atoms with Gasteiger partial charge in [0.2, 0.25) is 15.7 Å². The number of aliphatic carboxylic acids is 1. The molecule has 0 aliphatic rings. The predicted octanol–water partition coefficient (Wildman–Crippen LogP) is 3.69. The number of amidine groups is 1. The maximum atomic E-state index is 13.4. The number of carboxylic acids is 1. The lowest BCUT2D eigenvalue weighted by molar-refractivity contribution is -0.137. The number of nitrogens with one attached hydrogen (secondary N) is 2. The van der Waals surface area contributed by atoms with Crippen LogP contribution in [0.5, 0.6) is 0 Å². The first-order valence-corrected chi connectivity index (χ1v) is 14.2. The van der Waals surface area contributed by atoms with Crippen LogP contribution in [0.1, 0.15) is 23.3 Å². The Balaban J connectivity index is 1.88. The Hall–Kier alpha value is -3.19. The van der Waals surface area contributed by atoms with Crippen molar-refractivity contribution in [1.82, 2.24) is 0 Å². The van der Waals surface area contributed by atoms with Crippen LogP contribution in [-0.4, -0.2) is 43.5 Å². The second kappa shape index (κ2) is 11.2. The molecule has 1 aromatic heterocycles. The molecule has 9 nitrogen and oxygen atoms in total.